The van der Waals surface area contributed by atoms with Gasteiger partial charge >= 0.3 is 5.97 Å². The van der Waals surface area contributed by atoms with E-state index in [1.54, 1.807) is 6.07 Å². The fraction of sp³-hybridized carbons (Fsp3) is 0.111. The van der Waals surface area contributed by atoms with E-state index in [4.69, 9.17) is 10.4 Å². The number of halogens is 2. The Kier molecular flexibility index (Phi) is 3.85. The number of hydrogen-bond acceptors (Lipinski definition) is 3. The molecule has 0 fully saturated rings. The van der Waals surface area contributed by atoms with Gasteiger partial charge in [-0.25, -0.2) is 4.79 Å². The number of aliphatic hydroxyl groups excluding tert-OH is 1. The number of carboxylic acid groups (broad SMARTS) is 1. The highest BCUT2D eigenvalue weighted by molar-refractivity contribution is 9.11. The molecule has 0 saturated carbocycles. The van der Waals surface area contributed by atoms with Crippen LogP contribution in [0.25, 0.3) is 0 Å². The molecule has 0 bridgehead atoms. The molecule has 1 atom stereocenters. The van der Waals surface area contributed by atoms with E-state index in [9.17, 15) is 9.90 Å². The summed E-state index contributed by atoms with van der Waals surface area (Å²) in [6.45, 7) is 0. The van der Waals surface area contributed by atoms with Crippen LogP contribution >= 0.6 is 31.9 Å². The normalized spacial score (nSPS) is 11.9. The van der Waals surface area contributed by atoms with Crippen molar-refractivity contribution in [2.24, 2.45) is 0 Å². The molecule has 1 rings (SSSR count). The Hall–Kier alpha value is -0.900. The lowest BCUT2D eigenvalue weighted by molar-refractivity contribution is -0.146. The van der Waals surface area contributed by atoms with E-state index < -0.39 is 12.1 Å². The Morgan fingerprint density at radius 1 is 1.47 bits per heavy atom. The zero-order valence-corrected chi connectivity index (χ0v) is 10.4. The Morgan fingerprint density at radius 3 is 2.53 bits per heavy atom. The van der Waals surface area contributed by atoms with Crippen molar-refractivity contribution in [3.05, 3.63) is 32.2 Å². The molecule has 78 valence electrons. The Balaban J connectivity index is 3.40. The molecule has 0 amide bonds. The largest absolute Gasteiger partial charge is 0.479 e. The second-order valence-corrected chi connectivity index (χ2v) is 4.47. The molecule has 4 nitrogen and oxygen atoms in total. The second-order valence-electron chi connectivity index (χ2n) is 2.70. The van der Waals surface area contributed by atoms with Crippen LogP contribution in [0.15, 0.2) is 21.1 Å². The van der Waals surface area contributed by atoms with E-state index in [0.717, 1.165) is 0 Å². The maximum atomic E-state index is 10.6. The van der Waals surface area contributed by atoms with Gasteiger partial charge in [-0.15, -0.1) is 0 Å². The quantitative estimate of drug-likeness (QED) is 0.868. The van der Waals surface area contributed by atoms with Crippen LogP contribution in [0.1, 0.15) is 17.2 Å². The lowest BCUT2D eigenvalue weighted by Gasteiger charge is -2.09. The summed E-state index contributed by atoms with van der Waals surface area (Å²) in [7, 11) is 0. The summed E-state index contributed by atoms with van der Waals surface area (Å²) in [5.74, 6) is -1.39. The van der Waals surface area contributed by atoms with Gasteiger partial charge in [-0.3, -0.25) is 0 Å². The molecule has 1 aromatic carbocycles. The highest BCUT2D eigenvalue weighted by Gasteiger charge is 2.21. The molecular weight excluding hydrogens is 330 g/mol. The van der Waals surface area contributed by atoms with Crippen molar-refractivity contribution in [1.82, 2.24) is 0 Å². The van der Waals surface area contributed by atoms with Gasteiger partial charge in [-0.1, -0.05) is 15.9 Å². The van der Waals surface area contributed by atoms with Gasteiger partial charge in [0.25, 0.3) is 0 Å². The molecular formula is C9H5Br2NO3. The lowest BCUT2D eigenvalue weighted by atomic mass is 10.0. The van der Waals surface area contributed by atoms with E-state index in [0.29, 0.717) is 8.95 Å². The fourth-order valence-corrected chi connectivity index (χ4v) is 2.41. The number of aliphatic hydroxyl groups is 1. The van der Waals surface area contributed by atoms with Gasteiger partial charge in [0.15, 0.2) is 6.10 Å². The number of nitriles is 1. The summed E-state index contributed by atoms with van der Waals surface area (Å²) in [5, 5.41) is 26.8. The van der Waals surface area contributed by atoms with E-state index in [2.05, 4.69) is 31.9 Å². The molecule has 15 heavy (non-hydrogen) atoms. The molecule has 0 heterocycles. The van der Waals surface area contributed by atoms with Crippen LogP contribution in [0.2, 0.25) is 0 Å². The van der Waals surface area contributed by atoms with Crippen molar-refractivity contribution in [2.45, 2.75) is 6.10 Å². The van der Waals surface area contributed by atoms with Gasteiger partial charge in [-0.2, -0.15) is 5.26 Å². The van der Waals surface area contributed by atoms with Gasteiger partial charge in [0, 0.05) is 14.5 Å². The monoisotopic (exact) mass is 333 g/mol. The van der Waals surface area contributed by atoms with Crippen LogP contribution in [0.5, 0.6) is 0 Å². The molecule has 1 unspecified atom stereocenters. The van der Waals surface area contributed by atoms with Crippen LogP contribution in [-0.4, -0.2) is 16.2 Å². The molecule has 0 aliphatic heterocycles. The third-order valence-electron chi connectivity index (χ3n) is 1.73. The molecule has 0 aromatic heterocycles. The Bertz CT molecular complexity index is 453. The molecule has 6 heteroatoms. The van der Waals surface area contributed by atoms with Crippen molar-refractivity contribution < 1.29 is 15.0 Å². The first-order valence-electron chi connectivity index (χ1n) is 3.77. The van der Waals surface area contributed by atoms with Crippen LogP contribution in [0.4, 0.5) is 0 Å². The fourth-order valence-electron chi connectivity index (χ4n) is 1.06. The zero-order valence-electron chi connectivity index (χ0n) is 7.24. The number of hydrogen-bond donors (Lipinski definition) is 2. The predicted octanol–water partition coefficient (Wildman–Crippen LogP) is 2.20. The number of carboxylic acids is 1. The summed E-state index contributed by atoms with van der Waals surface area (Å²) < 4.78 is 1.03. The molecule has 0 aliphatic rings. The summed E-state index contributed by atoms with van der Waals surface area (Å²) >= 11 is 6.27. The average Bonchev–Trinajstić information content (AvgIpc) is 2.15. The van der Waals surface area contributed by atoms with E-state index in [1.807, 2.05) is 6.07 Å². The molecule has 0 spiro atoms. The van der Waals surface area contributed by atoms with Crippen molar-refractivity contribution in [3.63, 3.8) is 0 Å². The molecule has 1 aromatic rings. The van der Waals surface area contributed by atoms with Gasteiger partial charge in [-0.05, 0) is 28.1 Å². The van der Waals surface area contributed by atoms with Crippen LogP contribution < -0.4 is 0 Å². The topological polar surface area (TPSA) is 81.3 Å². The SMILES string of the molecule is N#Cc1c(Br)cc(Br)cc1C(O)C(=O)O. The number of carbonyl (C=O) groups is 1. The minimum Gasteiger partial charge on any atom is -0.479 e. The number of benzene rings is 1. The summed E-state index contributed by atoms with van der Waals surface area (Å²) in [6.07, 6.45) is -1.70. The van der Waals surface area contributed by atoms with Crippen LogP contribution in [-0.2, 0) is 4.79 Å². The lowest BCUT2D eigenvalue weighted by Crippen LogP contribution is -2.12. The first-order chi connectivity index (χ1) is 6.97. The maximum Gasteiger partial charge on any atom is 0.337 e. The number of nitrogens with zero attached hydrogens (tertiary/aromatic N) is 1. The second kappa shape index (κ2) is 4.75. The highest BCUT2D eigenvalue weighted by Crippen LogP contribution is 2.29. The minimum absolute atomic E-state index is 0.0613. The number of rotatable bonds is 2. The van der Waals surface area contributed by atoms with Crippen molar-refractivity contribution in [3.8, 4) is 6.07 Å². The van der Waals surface area contributed by atoms with Gasteiger partial charge in [0.05, 0.1) is 5.56 Å². The van der Waals surface area contributed by atoms with E-state index in [-0.39, 0.29) is 11.1 Å². The highest BCUT2D eigenvalue weighted by atomic mass is 79.9. The predicted molar refractivity (Wildman–Crippen MR) is 59.2 cm³/mol. The first-order valence-corrected chi connectivity index (χ1v) is 5.36. The van der Waals surface area contributed by atoms with Crippen LogP contribution in [0.3, 0.4) is 0 Å². The van der Waals surface area contributed by atoms with Crippen molar-refractivity contribution >= 4 is 37.8 Å². The molecule has 2 N–H and O–H groups in total. The van der Waals surface area contributed by atoms with E-state index >= 15 is 0 Å². The Morgan fingerprint density at radius 2 is 2.07 bits per heavy atom. The van der Waals surface area contributed by atoms with E-state index in [1.165, 1.54) is 6.07 Å². The molecule has 0 radical (unpaired) electrons. The molecule has 0 aliphatic carbocycles. The smallest absolute Gasteiger partial charge is 0.337 e. The maximum absolute atomic E-state index is 10.6. The average molecular weight is 335 g/mol. The summed E-state index contributed by atoms with van der Waals surface area (Å²) in [5.41, 5.74) is 0.180. The summed E-state index contributed by atoms with van der Waals surface area (Å²) in [4.78, 5) is 10.6. The van der Waals surface area contributed by atoms with Crippen molar-refractivity contribution in [2.75, 3.05) is 0 Å². The summed E-state index contributed by atoms with van der Waals surface area (Å²) in [6, 6.07) is 4.85. The van der Waals surface area contributed by atoms with Gasteiger partial charge in [0.1, 0.15) is 6.07 Å². The van der Waals surface area contributed by atoms with Crippen molar-refractivity contribution in [1.29, 1.82) is 5.26 Å². The minimum atomic E-state index is -1.70. The first kappa shape index (κ1) is 12.2. The molecule has 0 saturated heterocycles. The van der Waals surface area contributed by atoms with Gasteiger partial charge < -0.3 is 10.2 Å². The standard InChI is InChI=1S/C9H5Br2NO3/c10-4-1-5(8(13)9(14)15)6(3-12)7(11)2-4/h1-2,8,13H,(H,14,15). The van der Waals surface area contributed by atoms with Gasteiger partial charge in [0.2, 0.25) is 0 Å². The number of aliphatic carboxylic acids is 1. The zero-order chi connectivity index (χ0) is 11.6. The van der Waals surface area contributed by atoms with Crippen LogP contribution in [0, 0.1) is 11.3 Å². The third-order valence-corrected chi connectivity index (χ3v) is 2.81. The Labute approximate surface area is 102 Å². The third kappa shape index (κ3) is 2.56.